The Labute approximate surface area is 123 Å². The third-order valence-corrected chi connectivity index (χ3v) is 3.23. The first-order valence-electron chi connectivity index (χ1n) is 6.53. The van der Waals surface area contributed by atoms with E-state index in [2.05, 4.69) is 41.1 Å². The molecular weight excluding hydrogens is 282 g/mol. The van der Waals surface area contributed by atoms with Gasteiger partial charge in [0.25, 0.3) is 0 Å². The Morgan fingerprint density at radius 2 is 2.20 bits per heavy atom. The molecule has 8 heteroatoms. The molecule has 0 saturated heterocycles. The zero-order valence-corrected chi connectivity index (χ0v) is 12.7. The van der Waals surface area contributed by atoms with Crippen LogP contribution in [0.4, 0.5) is 11.5 Å². The van der Waals surface area contributed by atoms with E-state index in [0.717, 1.165) is 25.6 Å². The molecule has 0 amide bonds. The highest BCUT2D eigenvalue weighted by Crippen LogP contribution is 2.21. The summed E-state index contributed by atoms with van der Waals surface area (Å²) in [7, 11) is 2.08. The molecule has 7 nitrogen and oxygen atoms in total. The molecule has 0 bridgehead atoms. The first kappa shape index (κ1) is 16.6. The minimum Gasteiger partial charge on any atom is -0.364 e. The van der Waals surface area contributed by atoms with Crippen LogP contribution in [0.3, 0.4) is 0 Å². The smallest absolute Gasteiger partial charge is 0.329 e. The molecule has 112 valence electrons. The largest absolute Gasteiger partial charge is 0.364 e. The van der Waals surface area contributed by atoms with Crippen LogP contribution in [0, 0.1) is 10.1 Å². The van der Waals surface area contributed by atoms with Crippen molar-refractivity contribution in [2.45, 2.75) is 32.7 Å². The monoisotopic (exact) mass is 301 g/mol. The Morgan fingerprint density at radius 1 is 1.50 bits per heavy atom. The third-order valence-electron chi connectivity index (χ3n) is 3.05. The highest BCUT2D eigenvalue weighted by molar-refractivity contribution is 6.28. The normalized spacial score (nSPS) is 11.1. The van der Waals surface area contributed by atoms with E-state index in [4.69, 9.17) is 11.6 Å². The summed E-state index contributed by atoms with van der Waals surface area (Å²) in [6, 6.07) is 0.518. The van der Waals surface area contributed by atoms with Crippen LogP contribution in [0.5, 0.6) is 0 Å². The van der Waals surface area contributed by atoms with Crippen LogP contribution in [0.2, 0.25) is 5.28 Å². The van der Waals surface area contributed by atoms with E-state index < -0.39 is 4.92 Å². The summed E-state index contributed by atoms with van der Waals surface area (Å²) in [5.74, 6) is 0.173. The summed E-state index contributed by atoms with van der Waals surface area (Å²) in [6.45, 7) is 5.89. The minimum atomic E-state index is -0.523. The number of hydrogen-bond acceptors (Lipinski definition) is 6. The number of hydrogen-bond donors (Lipinski definition) is 1. The second kappa shape index (κ2) is 7.96. The maximum Gasteiger partial charge on any atom is 0.329 e. The molecule has 20 heavy (non-hydrogen) atoms. The van der Waals surface area contributed by atoms with Crippen molar-refractivity contribution in [2.24, 2.45) is 0 Å². The quantitative estimate of drug-likeness (QED) is 0.344. The maximum absolute atomic E-state index is 10.8. The second-order valence-electron chi connectivity index (χ2n) is 4.84. The molecule has 0 fully saturated rings. The lowest BCUT2D eigenvalue weighted by molar-refractivity contribution is -0.384. The molecule has 0 spiro atoms. The zero-order chi connectivity index (χ0) is 15.1. The molecular formula is C12H20ClN5O2. The molecule has 0 unspecified atom stereocenters. The highest BCUT2D eigenvalue weighted by Gasteiger charge is 2.16. The molecule has 0 atom stereocenters. The molecule has 0 aromatic carbocycles. The number of nitrogens with zero attached hydrogens (tertiary/aromatic N) is 4. The van der Waals surface area contributed by atoms with Gasteiger partial charge in [-0.25, -0.2) is 4.98 Å². The van der Waals surface area contributed by atoms with Crippen LogP contribution in [0.15, 0.2) is 6.20 Å². The number of halogens is 1. The lowest BCUT2D eigenvalue weighted by atomic mass is 10.2. The Kier molecular flexibility index (Phi) is 6.60. The number of aromatic nitrogens is 2. The second-order valence-corrected chi connectivity index (χ2v) is 5.18. The van der Waals surface area contributed by atoms with Crippen molar-refractivity contribution >= 4 is 23.1 Å². The number of rotatable bonds is 8. The van der Waals surface area contributed by atoms with Crippen LogP contribution < -0.4 is 5.32 Å². The third kappa shape index (κ3) is 5.26. The van der Waals surface area contributed by atoms with Gasteiger partial charge in [-0.2, -0.15) is 4.98 Å². The lowest BCUT2D eigenvalue weighted by Crippen LogP contribution is -2.27. The standard InChI is InChI=1S/C12H20ClN5O2/c1-9(2)17(3)7-5-4-6-14-11-10(18(19)20)8-15-12(13)16-11/h8-9H,4-7H2,1-3H3,(H,14,15,16). The van der Waals surface area contributed by atoms with Gasteiger partial charge in [-0.3, -0.25) is 10.1 Å². The van der Waals surface area contributed by atoms with Crippen molar-refractivity contribution < 1.29 is 4.92 Å². The fourth-order valence-corrected chi connectivity index (χ4v) is 1.70. The number of anilines is 1. The van der Waals surface area contributed by atoms with Crippen LogP contribution in [-0.2, 0) is 0 Å². The fraction of sp³-hybridized carbons (Fsp3) is 0.667. The van der Waals surface area contributed by atoms with Crippen molar-refractivity contribution in [2.75, 3.05) is 25.5 Å². The van der Waals surface area contributed by atoms with Crippen LogP contribution in [0.1, 0.15) is 26.7 Å². The Balaban J connectivity index is 2.42. The van der Waals surface area contributed by atoms with Gasteiger partial charge in [0.15, 0.2) is 0 Å². The van der Waals surface area contributed by atoms with Gasteiger partial charge in [0.1, 0.15) is 6.20 Å². The van der Waals surface area contributed by atoms with Gasteiger partial charge in [0, 0.05) is 12.6 Å². The van der Waals surface area contributed by atoms with E-state index in [1.54, 1.807) is 0 Å². The molecule has 1 aromatic heterocycles. The molecule has 0 saturated carbocycles. The van der Waals surface area contributed by atoms with Crippen molar-refractivity contribution in [3.8, 4) is 0 Å². The molecule has 0 radical (unpaired) electrons. The molecule has 1 rings (SSSR count). The minimum absolute atomic E-state index is 0.00218. The first-order valence-corrected chi connectivity index (χ1v) is 6.90. The number of nitrogens with one attached hydrogen (secondary N) is 1. The Hall–Kier alpha value is -1.47. The van der Waals surface area contributed by atoms with Crippen molar-refractivity contribution in [3.05, 3.63) is 21.6 Å². The summed E-state index contributed by atoms with van der Waals surface area (Å²) >= 11 is 5.65. The molecule has 1 aromatic rings. The van der Waals surface area contributed by atoms with E-state index in [9.17, 15) is 10.1 Å². The molecule has 1 heterocycles. The van der Waals surface area contributed by atoms with Gasteiger partial charge < -0.3 is 10.2 Å². The SMILES string of the molecule is CC(C)N(C)CCCCNc1nc(Cl)ncc1[N+](=O)[O-]. The van der Waals surface area contributed by atoms with Crippen molar-refractivity contribution in [3.63, 3.8) is 0 Å². The van der Waals surface area contributed by atoms with Crippen molar-refractivity contribution in [1.82, 2.24) is 14.9 Å². The number of nitro groups is 1. The maximum atomic E-state index is 10.8. The van der Waals surface area contributed by atoms with Gasteiger partial charge in [-0.15, -0.1) is 0 Å². The van der Waals surface area contributed by atoms with E-state index in [-0.39, 0.29) is 16.8 Å². The van der Waals surface area contributed by atoms with Crippen molar-refractivity contribution in [1.29, 1.82) is 0 Å². The van der Waals surface area contributed by atoms with E-state index in [0.29, 0.717) is 12.6 Å². The number of unbranched alkanes of at least 4 members (excludes halogenated alkanes) is 1. The topological polar surface area (TPSA) is 84.2 Å². The van der Waals surface area contributed by atoms with Crippen LogP contribution in [0.25, 0.3) is 0 Å². The van der Waals surface area contributed by atoms with Gasteiger partial charge in [0.05, 0.1) is 4.92 Å². The summed E-state index contributed by atoms with van der Waals surface area (Å²) < 4.78 is 0. The van der Waals surface area contributed by atoms with E-state index in [1.165, 1.54) is 0 Å². The Bertz CT molecular complexity index is 455. The van der Waals surface area contributed by atoms with Gasteiger partial charge in [-0.1, -0.05) is 0 Å². The van der Waals surface area contributed by atoms with E-state index >= 15 is 0 Å². The molecule has 0 aliphatic heterocycles. The average molecular weight is 302 g/mol. The van der Waals surface area contributed by atoms with Crippen LogP contribution in [-0.4, -0.2) is 46.0 Å². The molecule has 0 aliphatic carbocycles. The predicted octanol–water partition coefficient (Wildman–Crippen LogP) is 2.57. The van der Waals surface area contributed by atoms with E-state index in [1.807, 2.05) is 0 Å². The van der Waals surface area contributed by atoms with Crippen LogP contribution >= 0.6 is 11.6 Å². The molecule has 1 N–H and O–H groups in total. The average Bonchev–Trinajstić information content (AvgIpc) is 2.37. The summed E-state index contributed by atoms with van der Waals surface area (Å²) in [5, 5.41) is 13.8. The highest BCUT2D eigenvalue weighted by atomic mass is 35.5. The molecule has 0 aliphatic rings. The first-order chi connectivity index (χ1) is 9.41. The van der Waals surface area contributed by atoms with Gasteiger partial charge in [0.2, 0.25) is 11.1 Å². The predicted molar refractivity (Wildman–Crippen MR) is 79.2 cm³/mol. The lowest BCUT2D eigenvalue weighted by Gasteiger charge is -2.20. The summed E-state index contributed by atoms with van der Waals surface area (Å²) in [6.07, 6.45) is 3.02. The Morgan fingerprint density at radius 3 is 2.80 bits per heavy atom. The van der Waals surface area contributed by atoms with Gasteiger partial charge >= 0.3 is 5.69 Å². The fourth-order valence-electron chi connectivity index (χ4n) is 1.57. The van der Waals surface area contributed by atoms with Gasteiger partial charge in [-0.05, 0) is 51.9 Å². The summed E-state index contributed by atoms with van der Waals surface area (Å²) in [4.78, 5) is 20.0. The zero-order valence-electron chi connectivity index (χ0n) is 12.0. The summed E-state index contributed by atoms with van der Waals surface area (Å²) in [5.41, 5.74) is -0.159.